The van der Waals surface area contributed by atoms with Gasteiger partial charge in [0.05, 0.1) is 18.6 Å². The molecule has 8 heteroatoms. The third kappa shape index (κ3) is 8.86. The highest BCUT2D eigenvalue weighted by atomic mass is 16.6. The molecule has 2 aliphatic rings. The fourth-order valence-electron chi connectivity index (χ4n) is 6.19. The summed E-state index contributed by atoms with van der Waals surface area (Å²) in [6.45, 7) is 9.97. The molecule has 2 aromatic carbocycles. The highest BCUT2D eigenvalue weighted by Crippen LogP contribution is 2.42. The molecule has 1 N–H and O–H groups in total. The van der Waals surface area contributed by atoms with Gasteiger partial charge >= 0.3 is 11.9 Å². The van der Waals surface area contributed by atoms with Crippen LogP contribution < -0.4 is 4.74 Å². The maximum Gasteiger partial charge on any atom is 0.343 e. The van der Waals surface area contributed by atoms with Crippen molar-refractivity contribution in [1.82, 2.24) is 0 Å². The van der Waals surface area contributed by atoms with Crippen LogP contribution in [-0.2, 0) is 35.2 Å². The van der Waals surface area contributed by atoms with Gasteiger partial charge in [-0.05, 0) is 60.8 Å². The van der Waals surface area contributed by atoms with Crippen LogP contribution in [0.5, 0.6) is 5.75 Å². The fourth-order valence-corrected chi connectivity index (χ4v) is 6.19. The van der Waals surface area contributed by atoms with Crippen molar-refractivity contribution in [3.8, 4) is 17.6 Å². The Hall–Kier alpha value is -3.93. The minimum absolute atomic E-state index is 0.0233. The summed E-state index contributed by atoms with van der Waals surface area (Å²) in [5, 5.41) is 11.2. The van der Waals surface area contributed by atoms with E-state index in [0.717, 1.165) is 16.9 Å². The Balaban J connectivity index is 1.42. The Morgan fingerprint density at radius 3 is 2.50 bits per heavy atom. The number of methoxy groups -OCH3 is 1. The first-order valence-electron chi connectivity index (χ1n) is 16.0. The molecule has 1 aliphatic carbocycles. The van der Waals surface area contributed by atoms with Gasteiger partial charge in [-0.25, -0.2) is 4.79 Å². The SMILES string of the molecule is CO[C@@H](CC[C@H](C)[C@@H](O)[C@@H](C)C#CC1=C(C(=O)O[C@H]2COC(=O)C2)C(=O)[C@H](C)CC1(C)C)c1cccc(OCc2ccccc2)c1. The number of aliphatic hydroxyl groups is 1. The molecule has 1 fully saturated rings. The molecule has 0 radical (unpaired) electrons. The van der Waals surface area contributed by atoms with Crippen LogP contribution >= 0.6 is 0 Å². The van der Waals surface area contributed by atoms with Crippen molar-refractivity contribution in [2.24, 2.45) is 23.2 Å². The lowest BCUT2D eigenvalue weighted by Gasteiger charge is -2.34. The van der Waals surface area contributed by atoms with E-state index in [1.165, 1.54) is 0 Å². The second kappa shape index (κ2) is 15.6. The van der Waals surface area contributed by atoms with E-state index < -0.39 is 35.5 Å². The summed E-state index contributed by atoms with van der Waals surface area (Å²) >= 11 is 0. The molecule has 1 aliphatic heterocycles. The number of benzene rings is 2. The zero-order chi connectivity index (χ0) is 33.4. The number of hydrogen-bond donors (Lipinski definition) is 1. The molecule has 2 aromatic rings. The zero-order valence-corrected chi connectivity index (χ0v) is 27.7. The molecule has 0 saturated carbocycles. The molecule has 8 nitrogen and oxygen atoms in total. The number of ether oxygens (including phenoxy) is 4. The van der Waals surface area contributed by atoms with E-state index in [2.05, 4.69) is 11.8 Å². The Labute approximate surface area is 272 Å². The maximum absolute atomic E-state index is 13.2. The number of allylic oxidation sites excluding steroid dienone is 1. The third-order valence-electron chi connectivity index (χ3n) is 8.91. The van der Waals surface area contributed by atoms with Crippen LogP contribution in [0.15, 0.2) is 65.7 Å². The van der Waals surface area contributed by atoms with Gasteiger partial charge in [-0.3, -0.25) is 9.59 Å². The lowest BCUT2D eigenvalue weighted by molar-refractivity contribution is -0.146. The first kappa shape index (κ1) is 34.9. The first-order valence-corrected chi connectivity index (χ1v) is 16.0. The number of aliphatic hydroxyl groups excluding tert-OH is 1. The average Bonchev–Trinajstić information content (AvgIpc) is 3.45. The van der Waals surface area contributed by atoms with Gasteiger partial charge in [-0.15, -0.1) is 0 Å². The average molecular weight is 631 g/mol. The maximum atomic E-state index is 13.2. The van der Waals surface area contributed by atoms with E-state index >= 15 is 0 Å². The Morgan fingerprint density at radius 1 is 1.09 bits per heavy atom. The highest BCUT2D eigenvalue weighted by Gasteiger charge is 2.42. The van der Waals surface area contributed by atoms with E-state index in [9.17, 15) is 19.5 Å². The van der Waals surface area contributed by atoms with Crippen LogP contribution in [0, 0.1) is 35.0 Å². The van der Waals surface area contributed by atoms with Gasteiger partial charge < -0.3 is 24.1 Å². The smallest absolute Gasteiger partial charge is 0.343 e. The predicted molar refractivity (Wildman–Crippen MR) is 173 cm³/mol. The van der Waals surface area contributed by atoms with E-state index in [-0.39, 0.29) is 42.3 Å². The topological polar surface area (TPSA) is 108 Å². The molecule has 6 atom stereocenters. The normalized spacial score (nSPS) is 21.8. The van der Waals surface area contributed by atoms with Gasteiger partial charge in [0.15, 0.2) is 5.78 Å². The summed E-state index contributed by atoms with van der Waals surface area (Å²) in [6, 6.07) is 17.9. The molecule has 0 bridgehead atoms. The highest BCUT2D eigenvalue weighted by molar-refractivity contribution is 6.20. The van der Waals surface area contributed by atoms with E-state index in [1.54, 1.807) is 14.0 Å². The molecule has 0 spiro atoms. The minimum atomic E-state index is -0.779. The largest absolute Gasteiger partial charge is 0.489 e. The second-order valence-corrected chi connectivity index (χ2v) is 13.2. The number of rotatable bonds is 12. The molecule has 4 rings (SSSR count). The molecule has 246 valence electrons. The van der Waals surface area contributed by atoms with Gasteiger partial charge in [-0.2, -0.15) is 0 Å². The minimum Gasteiger partial charge on any atom is -0.489 e. The van der Waals surface area contributed by atoms with Crippen LogP contribution in [0.2, 0.25) is 0 Å². The monoisotopic (exact) mass is 630 g/mol. The molecular formula is C38H46O8. The summed E-state index contributed by atoms with van der Waals surface area (Å²) < 4.78 is 22.2. The predicted octanol–water partition coefficient (Wildman–Crippen LogP) is 6.16. The van der Waals surface area contributed by atoms with Crippen molar-refractivity contribution < 1.29 is 38.4 Å². The van der Waals surface area contributed by atoms with Crippen LogP contribution in [-0.4, -0.2) is 48.8 Å². The number of hydrogen-bond acceptors (Lipinski definition) is 8. The number of cyclic esters (lactones) is 1. The van der Waals surface area contributed by atoms with Crippen LogP contribution in [0.25, 0.3) is 0 Å². The van der Waals surface area contributed by atoms with Crippen molar-refractivity contribution in [1.29, 1.82) is 0 Å². The number of carbonyl (C=O) groups excluding carboxylic acids is 3. The molecule has 46 heavy (non-hydrogen) atoms. The van der Waals surface area contributed by atoms with Crippen LogP contribution in [0.4, 0.5) is 0 Å². The summed E-state index contributed by atoms with van der Waals surface area (Å²) in [4.78, 5) is 37.9. The summed E-state index contributed by atoms with van der Waals surface area (Å²) in [7, 11) is 1.68. The van der Waals surface area contributed by atoms with Crippen molar-refractivity contribution in [3.63, 3.8) is 0 Å². The van der Waals surface area contributed by atoms with Crippen molar-refractivity contribution >= 4 is 17.7 Å². The third-order valence-corrected chi connectivity index (χ3v) is 8.91. The molecule has 0 amide bonds. The number of Topliss-reactive ketones (excluding diaryl/α,β-unsaturated/α-hetero) is 1. The number of ketones is 1. The van der Waals surface area contributed by atoms with Crippen molar-refractivity contribution in [2.75, 3.05) is 13.7 Å². The first-order chi connectivity index (χ1) is 21.9. The van der Waals surface area contributed by atoms with E-state index in [4.69, 9.17) is 18.9 Å². The fraction of sp³-hybridized carbons (Fsp3) is 0.500. The Bertz CT molecular complexity index is 1480. The van der Waals surface area contributed by atoms with E-state index in [0.29, 0.717) is 31.4 Å². The number of carbonyl (C=O) groups is 3. The van der Waals surface area contributed by atoms with Gasteiger partial charge in [0.1, 0.15) is 30.6 Å². The lowest BCUT2D eigenvalue weighted by atomic mass is 9.68. The Morgan fingerprint density at radius 2 is 1.83 bits per heavy atom. The van der Waals surface area contributed by atoms with Gasteiger partial charge in [0.25, 0.3) is 0 Å². The van der Waals surface area contributed by atoms with E-state index in [1.807, 2.05) is 82.3 Å². The molecule has 0 aromatic heterocycles. The lowest BCUT2D eigenvalue weighted by Crippen LogP contribution is -2.36. The van der Waals surface area contributed by atoms with Crippen LogP contribution in [0.1, 0.15) is 77.5 Å². The Kier molecular flexibility index (Phi) is 11.8. The van der Waals surface area contributed by atoms with Gasteiger partial charge in [-0.1, -0.05) is 82.0 Å². The summed E-state index contributed by atoms with van der Waals surface area (Å²) in [5.41, 5.74) is 1.88. The summed E-state index contributed by atoms with van der Waals surface area (Å²) in [6.07, 6.45) is 0.219. The zero-order valence-electron chi connectivity index (χ0n) is 27.7. The van der Waals surface area contributed by atoms with Crippen LogP contribution in [0.3, 0.4) is 0 Å². The number of esters is 2. The quantitative estimate of drug-likeness (QED) is 0.169. The molecule has 1 heterocycles. The van der Waals surface area contributed by atoms with Crippen molar-refractivity contribution in [3.05, 3.63) is 76.9 Å². The molecule has 1 saturated heterocycles. The standard InChI is InChI=1S/C38H46O8/c1-24(15-17-31-34(36(41)26(3)21-38(31,4)5)37(42)46-30-20-33(39)45-23-30)35(40)25(2)16-18-32(43-6)28-13-10-14-29(19-28)44-22-27-11-8-7-9-12-27/h7-14,19,24-26,30,32,35,40H,16,18,20-23H2,1-6H3/t24-,25-,26+,30+,32-,35-/m0/s1. The summed E-state index contributed by atoms with van der Waals surface area (Å²) in [5.74, 6) is 4.56. The second-order valence-electron chi connectivity index (χ2n) is 13.2. The van der Waals surface area contributed by atoms with Gasteiger partial charge in [0.2, 0.25) is 0 Å². The molecule has 0 unspecified atom stereocenters. The molecular weight excluding hydrogens is 584 g/mol. The van der Waals surface area contributed by atoms with Gasteiger partial charge in [0, 0.05) is 24.5 Å². The van der Waals surface area contributed by atoms with Crippen molar-refractivity contribution in [2.45, 2.75) is 85.2 Å².